The van der Waals surface area contributed by atoms with Crippen LogP contribution in [-0.2, 0) is 11.3 Å². The molecule has 20 heavy (non-hydrogen) atoms. The van der Waals surface area contributed by atoms with Gasteiger partial charge < -0.3 is 15.8 Å². The van der Waals surface area contributed by atoms with Crippen molar-refractivity contribution >= 4 is 11.5 Å². The van der Waals surface area contributed by atoms with Crippen molar-refractivity contribution in [2.24, 2.45) is 5.92 Å². The van der Waals surface area contributed by atoms with E-state index in [0.717, 1.165) is 19.3 Å². The van der Waals surface area contributed by atoms with Crippen molar-refractivity contribution in [3.8, 4) is 0 Å². The Morgan fingerprint density at radius 3 is 2.80 bits per heavy atom. The molecule has 1 aromatic rings. The highest BCUT2D eigenvalue weighted by atomic mass is 16.5. The van der Waals surface area contributed by atoms with Gasteiger partial charge in [0.25, 0.3) is 5.56 Å². The maximum Gasteiger partial charge on any atom is 0.330 e. The number of ether oxygens (including phenoxy) is 1. The van der Waals surface area contributed by atoms with Crippen molar-refractivity contribution in [3.63, 3.8) is 0 Å². The summed E-state index contributed by atoms with van der Waals surface area (Å²) >= 11 is 0. The fraction of sp³-hybridized carbons (Fsp3) is 0.692. The van der Waals surface area contributed by atoms with Crippen LogP contribution in [-0.4, -0.2) is 29.3 Å². The number of aromatic nitrogens is 2. The Kier molecular flexibility index (Phi) is 4.49. The van der Waals surface area contributed by atoms with Gasteiger partial charge in [0.2, 0.25) is 0 Å². The van der Waals surface area contributed by atoms with E-state index in [4.69, 9.17) is 10.5 Å². The van der Waals surface area contributed by atoms with E-state index < -0.39 is 11.2 Å². The molecule has 7 heteroatoms. The molecule has 1 saturated carbocycles. The molecule has 0 saturated heterocycles. The number of nitrogen functional groups attached to an aromatic ring is 1. The highest BCUT2D eigenvalue weighted by Crippen LogP contribution is 2.28. The van der Waals surface area contributed by atoms with Gasteiger partial charge in [-0.1, -0.05) is 13.3 Å². The Morgan fingerprint density at radius 2 is 2.20 bits per heavy atom. The number of anilines is 2. The lowest BCUT2D eigenvalue weighted by atomic mass is 10.1. The van der Waals surface area contributed by atoms with E-state index in [1.54, 1.807) is 7.11 Å². The molecule has 7 nitrogen and oxygen atoms in total. The van der Waals surface area contributed by atoms with E-state index in [9.17, 15) is 9.59 Å². The third-order valence-corrected chi connectivity index (χ3v) is 3.95. The Morgan fingerprint density at radius 1 is 1.45 bits per heavy atom. The molecule has 1 fully saturated rings. The molecule has 0 aromatic carbocycles. The summed E-state index contributed by atoms with van der Waals surface area (Å²) in [5.74, 6) is 0.669. The SMILES string of the molecule is COCCn1c(N)c(NC2CCCC2C)c(=O)[nH]c1=O. The monoisotopic (exact) mass is 282 g/mol. The van der Waals surface area contributed by atoms with Gasteiger partial charge in [0.05, 0.1) is 13.2 Å². The third-order valence-electron chi connectivity index (χ3n) is 3.95. The van der Waals surface area contributed by atoms with E-state index in [-0.39, 0.29) is 11.9 Å². The van der Waals surface area contributed by atoms with E-state index in [2.05, 4.69) is 17.2 Å². The minimum atomic E-state index is -0.505. The minimum Gasteiger partial charge on any atom is -0.383 e. The second-order valence-corrected chi connectivity index (χ2v) is 5.32. The van der Waals surface area contributed by atoms with E-state index in [0.29, 0.717) is 24.8 Å². The molecular formula is C13H22N4O3. The number of methoxy groups -OCH3 is 1. The lowest BCUT2D eigenvalue weighted by Gasteiger charge is -2.20. The summed E-state index contributed by atoms with van der Waals surface area (Å²) in [7, 11) is 1.55. The average molecular weight is 282 g/mol. The summed E-state index contributed by atoms with van der Waals surface area (Å²) in [6.45, 7) is 2.82. The normalized spacial score (nSPS) is 22.1. The van der Waals surface area contributed by atoms with Crippen molar-refractivity contribution in [3.05, 3.63) is 20.8 Å². The van der Waals surface area contributed by atoms with Gasteiger partial charge in [-0.2, -0.15) is 0 Å². The average Bonchev–Trinajstić information content (AvgIpc) is 2.80. The number of hydrogen-bond donors (Lipinski definition) is 3. The largest absolute Gasteiger partial charge is 0.383 e. The summed E-state index contributed by atoms with van der Waals surface area (Å²) in [6, 6.07) is 0.228. The first-order valence-electron chi connectivity index (χ1n) is 6.92. The van der Waals surface area contributed by atoms with Crippen LogP contribution in [0, 0.1) is 5.92 Å². The summed E-state index contributed by atoms with van der Waals surface area (Å²) in [4.78, 5) is 26.0. The molecule has 0 spiro atoms. The number of aromatic amines is 1. The molecule has 1 aliphatic rings. The number of hydrogen-bond acceptors (Lipinski definition) is 5. The van der Waals surface area contributed by atoms with Crippen LogP contribution in [0.25, 0.3) is 0 Å². The van der Waals surface area contributed by atoms with E-state index in [1.165, 1.54) is 4.57 Å². The van der Waals surface area contributed by atoms with E-state index in [1.807, 2.05) is 0 Å². The van der Waals surface area contributed by atoms with Crippen LogP contribution in [0.1, 0.15) is 26.2 Å². The molecule has 2 unspecified atom stereocenters. The molecule has 2 atom stereocenters. The quantitative estimate of drug-likeness (QED) is 0.724. The summed E-state index contributed by atoms with van der Waals surface area (Å²) in [6.07, 6.45) is 3.29. The van der Waals surface area contributed by atoms with Gasteiger partial charge in [0, 0.05) is 13.2 Å². The molecule has 4 N–H and O–H groups in total. The second kappa shape index (κ2) is 6.13. The van der Waals surface area contributed by atoms with Gasteiger partial charge in [-0.05, 0) is 18.8 Å². The smallest absolute Gasteiger partial charge is 0.330 e. The molecule has 1 aliphatic carbocycles. The van der Waals surface area contributed by atoms with Gasteiger partial charge in [0.15, 0.2) is 0 Å². The third kappa shape index (κ3) is 2.87. The topological polar surface area (TPSA) is 102 Å². The maximum atomic E-state index is 11.9. The Hall–Kier alpha value is -1.76. The first-order chi connectivity index (χ1) is 9.54. The fourth-order valence-electron chi connectivity index (χ4n) is 2.68. The van der Waals surface area contributed by atoms with Gasteiger partial charge in [0.1, 0.15) is 11.5 Å². The highest BCUT2D eigenvalue weighted by molar-refractivity contribution is 5.61. The van der Waals surface area contributed by atoms with Crippen LogP contribution < -0.4 is 22.3 Å². The predicted molar refractivity (Wildman–Crippen MR) is 78.0 cm³/mol. The molecular weight excluding hydrogens is 260 g/mol. The zero-order chi connectivity index (χ0) is 14.7. The van der Waals surface area contributed by atoms with Crippen LogP contribution in [0.3, 0.4) is 0 Å². The standard InChI is InChI=1S/C13H22N4O3/c1-8-4-3-5-9(8)15-10-11(14)17(6-7-20-2)13(19)16-12(10)18/h8-9,15H,3-7,14H2,1-2H3,(H,16,18,19). The molecule has 112 valence electrons. The predicted octanol–water partition coefficient (Wildman–Crippen LogP) is 0.366. The first-order valence-corrected chi connectivity index (χ1v) is 6.92. The zero-order valence-corrected chi connectivity index (χ0v) is 11.9. The molecule has 2 rings (SSSR count). The molecule has 1 heterocycles. The van der Waals surface area contributed by atoms with Crippen molar-refractivity contribution in [1.82, 2.24) is 9.55 Å². The molecule has 0 bridgehead atoms. The summed E-state index contributed by atoms with van der Waals surface area (Å²) in [5, 5.41) is 3.20. The van der Waals surface area contributed by atoms with Gasteiger partial charge in [-0.3, -0.25) is 14.3 Å². The number of nitrogens with two attached hydrogens (primary N) is 1. The Balaban J connectivity index is 2.32. The number of H-pyrrole nitrogens is 1. The molecule has 0 aliphatic heterocycles. The van der Waals surface area contributed by atoms with Crippen LogP contribution in [0.5, 0.6) is 0 Å². The van der Waals surface area contributed by atoms with Crippen LogP contribution in [0.2, 0.25) is 0 Å². The summed E-state index contributed by atoms with van der Waals surface area (Å²) < 4.78 is 6.27. The zero-order valence-electron chi connectivity index (χ0n) is 11.9. The second-order valence-electron chi connectivity index (χ2n) is 5.32. The van der Waals surface area contributed by atoms with E-state index >= 15 is 0 Å². The minimum absolute atomic E-state index is 0.176. The van der Waals surface area contributed by atoms with Crippen LogP contribution >= 0.6 is 0 Å². The lowest BCUT2D eigenvalue weighted by molar-refractivity contribution is 0.186. The van der Waals surface area contributed by atoms with Crippen LogP contribution in [0.4, 0.5) is 11.5 Å². The lowest BCUT2D eigenvalue weighted by Crippen LogP contribution is -2.37. The maximum absolute atomic E-state index is 11.9. The number of rotatable bonds is 5. The highest BCUT2D eigenvalue weighted by Gasteiger charge is 2.25. The van der Waals surface area contributed by atoms with Gasteiger partial charge in [-0.25, -0.2) is 4.79 Å². The van der Waals surface area contributed by atoms with Gasteiger partial charge in [-0.15, -0.1) is 0 Å². The Bertz CT molecular complexity index is 578. The molecule has 0 amide bonds. The number of nitrogens with zero attached hydrogens (tertiary/aromatic N) is 1. The van der Waals surface area contributed by atoms with Crippen molar-refractivity contribution in [2.75, 3.05) is 24.8 Å². The van der Waals surface area contributed by atoms with Crippen molar-refractivity contribution < 1.29 is 4.74 Å². The van der Waals surface area contributed by atoms with Gasteiger partial charge >= 0.3 is 5.69 Å². The fourth-order valence-corrected chi connectivity index (χ4v) is 2.68. The van der Waals surface area contributed by atoms with Crippen molar-refractivity contribution in [2.45, 2.75) is 38.8 Å². The number of nitrogens with one attached hydrogen (secondary N) is 2. The summed E-state index contributed by atoms with van der Waals surface area (Å²) in [5.41, 5.74) is 5.30. The molecule has 0 radical (unpaired) electrons. The van der Waals surface area contributed by atoms with Crippen molar-refractivity contribution in [1.29, 1.82) is 0 Å². The first kappa shape index (κ1) is 14.6. The van der Waals surface area contributed by atoms with Crippen LogP contribution in [0.15, 0.2) is 9.59 Å². The molecule has 1 aromatic heterocycles. The Labute approximate surface area is 117 Å².